The summed E-state index contributed by atoms with van der Waals surface area (Å²) in [4.78, 5) is 13.2. The van der Waals surface area contributed by atoms with Crippen molar-refractivity contribution >= 4 is 44.9 Å². The van der Waals surface area contributed by atoms with Crippen molar-refractivity contribution in [2.24, 2.45) is 0 Å². The van der Waals surface area contributed by atoms with Gasteiger partial charge < -0.3 is 5.32 Å². The first-order chi connectivity index (χ1) is 9.69. The first kappa shape index (κ1) is 15.6. The highest BCUT2D eigenvalue weighted by molar-refractivity contribution is 9.11. The van der Waals surface area contributed by atoms with E-state index in [0.29, 0.717) is 12.1 Å². The zero-order chi connectivity index (χ0) is 14.4. The topological polar surface area (TPSA) is 29.1 Å². The summed E-state index contributed by atoms with van der Waals surface area (Å²) in [6, 6.07) is 11.8. The first-order valence-corrected chi connectivity index (χ1v) is 9.14. The van der Waals surface area contributed by atoms with Gasteiger partial charge in [0.2, 0.25) is 0 Å². The number of benzene rings is 1. The maximum absolute atomic E-state index is 12.0. The summed E-state index contributed by atoms with van der Waals surface area (Å²) < 4.78 is 1.08. The number of amides is 1. The minimum absolute atomic E-state index is 0.0239. The van der Waals surface area contributed by atoms with Crippen LogP contribution in [0.4, 0.5) is 0 Å². The quantitative estimate of drug-likeness (QED) is 0.799. The molecule has 2 nitrogen and oxygen atoms in total. The summed E-state index contributed by atoms with van der Waals surface area (Å²) in [6.45, 7) is 2.72. The zero-order valence-electron chi connectivity index (χ0n) is 11.2. The van der Waals surface area contributed by atoms with Crippen LogP contribution in [0.2, 0.25) is 0 Å². The molecule has 0 radical (unpaired) electrons. The third-order valence-electron chi connectivity index (χ3n) is 2.74. The minimum Gasteiger partial charge on any atom is -0.347 e. The van der Waals surface area contributed by atoms with Gasteiger partial charge >= 0.3 is 0 Å². The van der Waals surface area contributed by atoms with Crippen LogP contribution in [0.1, 0.15) is 27.7 Å². The van der Waals surface area contributed by atoms with Crippen LogP contribution in [0.25, 0.3) is 0 Å². The third-order valence-corrected chi connectivity index (χ3v) is 5.31. The predicted molar refractivity (Wildman–Crippen MR) is 91.5 cm³/mol. The van der Waals surface area contributed by atoms with Crippen LogP contribution in [0.15, 0.2) is 40.2 Å². The normalized spacial score (nSPS) is 10.5. The Morgan fingerprint density at radius 3 is 2.60 bits per heavy atom. The molecule has 1 N–H and O–H groups in total. The number of halogens is 1. The molecule has 0 fully saturated rings. The van der Waals surface area contributed by atoms with E-state index in [2.05, 4.69) is 28.2 Å². The lowest BCUT2D eigenvalue weighted by molar-refractivity contribution is 0.0951. The summed E-state index contributed by atoms with van der Waals surface area (Å²) >= 11 is 6.93. The van der Waals surface area contributed by atoms with Gasteiger partial charge in [0.25, 0.3) is 5.91 Å². The Balaban J connectivity index is 1.88. The summed E-state index contributed by atoms with van der Waals surface area (Å²) in [6.07, 6.45) is 0. The fraction of sp³-hybridized carbons (Fsp3) is 0.267. The molecule has 0 spiro atoms. The van der Waals surface area contributed by atoms with Gasteiger partial charge in [0.15, 0.2) is 0 Å². The number of nitrogens with one attached hydrogen (secondary N) is 1. The van der Waals surface area contributed by atoms with Crippen LogP contribution in [-0.2, 0) is 12.3 Å². The van der Waals surface area contributed by atoms with Crippen molar-refractivity contribution in [3.8, 4) is 0 Å². The number of carbonyl (C=O) groups excluding carboxylic acids is 1. The van der Waals surface area contributed by atoms with Crippen LogP contribution in [0, 0.1) is 0 Å². The molecule has 20 heavy (non-hydrogen) atoms. The Morgan fingerprint density at radius 2 is 2.00 bits per heavy atom. The third kappa shape index (κ3) is 4.65. The molecule has 1 heterocycles. The second-order valence-electron chi connectivity index (χ2n) is 4.22. The molecule has 0 bridgehead atoms. The fourth-order valence-electron chi connectivity index (χ4n) is 1.69. The Bertz CT molecular complexity index is 566. The van der Waals surface area contributed by atoms with Crippen LogP contribution in [0.5, 0.6) is 0 Å². The fourth-order valence-corrected chi connectivity index (χ4v) is 3.74. The molecule has 0 aliphatic heterocycles. The lowest BCUT2D eigenvalue weighted by Crippen LogP contribution is -2.22. The van der Waals surface area contributed by atoms with Crippen LogP contribution < -0.4 is 5.32 Å². The predicted octanol–water partition coefficient (Wildman–Crippen LogP) is 4.69. The number of carbonyl (C=O) groups is 1. The summed E-state index contributed by atoms with van der Waals surface area (Å²) in [5.74, 6) is 2.09. The van der Waals surface area contributed by atoms with E-state index in [1.807, 2.05) is 48.2 Å². The van der Waals surface area contributed by atoms with Gasteiger partial charge in [0, 0.05) is 16.2 Å². The van der Waals surface area contributed by atoms with Crippen molar-refractivity contribution in [1.82, 2.24) is 5.32 Å². The summed E-state index contributed by atoms with van der Waals surface area (Å²) in [5.41, 5.74) is 1.97. The van der Waals surface area contributed by atoms with Gasteiger partial charge in [-0.25, -0.2) is 0 Å². The molecule has 0 atom stereocenters. The number of rotatable bonds is 6. The van der Waals surface area contributed by atoms with Gasteiger partial charge in [-0.1, -0.05) is 19.1 Å². The van der Waals surface area contributed by atoms with E-state index in [1.165, 1.54) is 5.56 Å². The average Bonchev–Trinajstić information content (AvgIpc) is 2.89. The number of thioether (sulfide) groups is 1. The second kappa shape index (κ2) is 7.86. The molecule has 0 unspecified atom stereocenters. The van der Waals surface area contributed by atoms with Crippen molar-refractivity contribution in [3.05, 3.63) is 56.2 Å². The molecule has 2 rings (SSSR count). The van der Waals surface area contributed by atoms with E-state index in [-0.39, 0.29) is 5.91 Å². The Kier molecular flexibility index (Phi) is 6.13. The SMILES string of the molecule is CCSCc1ccc(C(=O)NCc2ccc(Br)s2)cc1. The van der Waals surface area contributed by atoms with E-state index in [0.717, 1.165) is 20.2 Å². The highest BCUT2D eigenvalue weighted by atomic mass is 79.9. The first-order valence-electron chi connectivity index (χ1n) is 6.38. The molecule has 5 heteroatoms. The highest BCUT2D eigenvalue weighted by Crippen LogP contribution is 2.21. The Labute approximate surface area is 136 Å². The smallest absolute Gasteiger partial charge is 0.251 e. The maximum Gasteiger partial charge on any atom is 0.251 e. The maximum atomic E-state index is 12.0. The van der Waals surface area contributed by atoms with Gasteiger partial charge in [0.05, 0.1) is 10.3 Å². The van der Waals surface area contributed by atoms with Gasteiger partial charge in [0.1, 0.15) is 0 Å². The van der Waals surface area contributed by atoms with Crippen LogP contribution in [-0.4, -0.2) is 11.7 Å². The summed E-state index contributed by atoms with van der Waals surface area (Å²) in [5, 5.41) is 2.94. The lowest BCUT2D eigenvalue weighted by Gasteiger charge is -2.05. The molecule has 106 valence electrons. The molecular weight excluding hydrogens is 354 g/mol. The molecule has 0 aliphatic carbocycles. The molecule has 2 aromatic rings. The monoisotopic (exact) mass is 369 g/mol. The van der Waals surface area contributed by atoms with E-state index in [4.69, 9.17) is 0 Å². The zero-order valence-corrected chi connectivity index (χ0v) is 14.4. The van der Waals surface area contributed by atoms with Crippen molar-refractivity contribution in [1.29, 1.82) is 0 Å². The van der Waals surface area contributed by atoms with Gasteiger partial charge in [-0.15, -0.1) is 11.3 Å². The van der Waals surface area contributed by atoms with Crippen LogP contribution >= 0.6 is 39.0 Å². The molecular formula is C15H16BrNOS2. The van der Waals surface area contributed by atoms with Crippen molar-refractivity contribution in [2.45, 2.75) is 19.2 Å². The highest BCUT2D eigenvalue weighted by Gasteiger charge is 2.06. The Morgan fingerprint density at radius 1 is 1.25 bits per heavy atom. The summed E-state index contributed by atoms with van der Waals surface area (Å²) in [7, 11) is 0. The number of hydrogen-bond acceptors (Lipinski definition) is 3. The van der Waals surface area contributed by atoms with Crippen molar-refractivity contribution in [2.75, 3.05) is 5.75 Å². The molecule has 1 aromatic carbocycles. The van der Waals surface area contributed by atoms with E-state index < -0.39 is 0 Å². The number of hydrogen-bond donors (Lipinski definition) is 1. The van der Waals surface area contributed by atoms with E-state index in [1.54, 1.807) is 11.3 Å². The molecule has 0 saturated heterocycles. The molecule has 0 saturated carbocycles. The van der Waals surface area contributed by atoms with Crippen molar-refractivity contribution in [3.63, 3.8) is 0 Å². The van der Waals surface area contributed by atoms with E-state index >= 15 is 0 Å². The van der Waals surface area contributed by atoms with Gasteiger partial charge in [-0.2, -0.15) is 11.8 Å². The second-order valence-corrected chi connectivity index (χ2v) is 8.04. The minimum atomic E-state index is -0.0239. The van der Waals surface area contributed by atoms with Gasteiger partial charge in [-0.3, -0.25) is 4.79 Å². The molecule has 1 amide bonds. The van der Waals surface area contributed by atoms with E-state index in [9.17, 15) is 4.79 Å². The molecule has 0 aliphatic rings. The lowest BCUT2D eigenvalue weighted by atomic mass is 10.1. The largest absolute Gasteiger partial charge is 0.347 e. The number of thiophene rings is 1. The standard InChI is InChI=1S/C15H16BrNOS2/c1-2-19-10-11-3-5-12(6-4-11)15(18)17-9-13-7-8-14(16)20-13/h3-8H,2,9-10H2,1H3,(H,17,18). The molecule has 1 aromatic heterocycles. The Hall–Kier alpha value is -0.780. The average molecular weight is 370 g/mol. The van der Waals surface area contributed by atoms with Gasteiger partial charge in [-0.05, 0) is 51.5 Å². The van der Waals surface area contributed by atoms with Crippen molar-refractivity contribution < 1.29 is 4.79 Å². The van der Waals surface area contributed by atoms with Crippen LogP contribution in [0.3, 0.4) is 0 Å².